The van der Waals surface area contributed by atoms with Crippen molar-refractivity contribution in [3.8, 4) is 0 Å². The molecule has 0 aromatic heterocycles. The molecule has 1 aromatic carbocycles. The van der Waals surface area contributed by atoms with Gasteiger partial charge in [-0.2, -0.15) is 0 Å². The summed E-state index contributed by atoms with van der Waals surface area (Å²) in [6.07, 6.45) is 0. The van der Waals surface area contributed by atoms with Crippen molar-refractivity contribution in [3.63, 3.8) is 0 Å². The summed E-state index contributed by atoms with van der Waals surface area (Å²) in [6.45, 7) is 0. The average Bonchev–Trinajstić information content (AvgIpc) is 2.08. The van der Waals surface area contributed by atoms with Gasteiger partial charge in [-0.05, 0) is 11.5 Å². The normalized spacial score (nSPS) is 10.0. The first-order valence-electron chi connectivity index (χ1n) is 3.43. The van der Waals surface area contributed by atoms with Crippen molar-refractivity contribution in [1.29, 1.82) is 0 Å². The molecule has 5 nitrogen and oxygen atoms in total. The van der Waals surface area contributed by atoms with Crippen molar-refractivity contribution in [3.05, 3.63) is 32.3 Å². The Labute approximate surface area is 89.2 Å². The highest BCUT2D eigenvalue weighted by Crippen LogP contribution is 2.30. The van der Waals surface area contributed by atoms with Gasteiger partial charge in [0.1, 0.15) is 5.02 Å². The van der Waals surface area contributed by atoms with Crippen LogP contribution in [0.5, 0.6) is 0 Å². The van der Waals surface area contributed by atoms with Gasteiger partial charge < -0.3 is 10.0 Å². The maximum atomic E-state index is 10.4. The van der Waals surface area contributed by atoms with Crippen LogP contribution in [-0.2, 0) is 0 Å². The molecule has 0 spiro atoms. The summed E-state index contributed by atoms with van der Waals surface area (Å²) in [5.74, 6) is 0. The fourth-order valence-electron chi connectivity index (χ4n) is 0.877. The number of benzene rings is 1. The third kappa shape index (κ3) is 2.16. The fourth-order valence-corrected chi connectivity index (χ4v) is 1.28. The molecule has 0 aliphatic heterocycles. The van der Waals surface area contributed by atoms with Gasteiger partial charge in [-0.25, -0.2) is 0 Å². The topological polar surface area (TPSA) is 83.6 Å². The van der Waals surface area contributed by atoms with E-state index in [0.717, 1.165) is 12.1 Å². The number of nitrogens with zero attached hydrogens (tertiary/aromatic N) is 1. The lowest BCUT2D eigenvalue weighted by molar-refractivity contribution is -0.384. The van der Waals surface area contributed by atoms with Gasteiger partial charge in [-0.15, -0.1) is 0 Å². The van der Waals surface area contributed by atoms with Crippen LogP contribution in [0.25, 0.3) is 0 Å². The molecule has 0 radical (unpaired) electrons. The number of hydrogen-bond acceptors (Lipinski definition) is 4. The Kier molecular flexibility index (Phi) is 3.33. The van der Waals surface area contributed by atoms with Crippen molar-refractivity contribution in [2.75, 3.05) is 0 Å². The third-order valence-electron chi connectivity index (χ3n) is 1.53. The maximum Gasteiger partial charge on any atom is 0.488 e. The predicted molar refractivity (Wildman–Crippen MR) is 52.9 cm³/mol. The first kappa shape index (κ1) is 11.3. The minimum absolute atomic E-state index is 0.0777. The summed E-state index contributed by atoms with van der Waals surface area (Å²) in [7, 11) is -1.82. The predicted octanol–water partition coefficient (Wildman–Crippen LogP) is 0.581. The first-order valence-corrected chi connectivity index (χ1v) is 4.18. The summed E-state index contributed by atoms with van der Waals surface area (Å²) < 4.78 is 0. The van der Waals surface area contributed by atoms with Crippen LogP contribution in [0.1, 0.15) is 0 Å². The highest BCUT2D eigenvalue weighted by Gasteiger charge is 2.21. The Bertz CT molecular complexity index is 384. The van der Waals surface area contributed by atoms with E-state index in [4.69, 9.17) is 33.2 Å². The zero-order chi connectivity index (χ0) is 10.9. The van der Waals surface area contributed by atoms with Gasteiger partial charge in [0, 0.05) is 6.07 Å². The number of halogens is 2. The van der Waals surface area contributed by atoms with E-state index >= 15 is 0 Å². The quantitative estimate of drug-likeness (QED) is 0.446. The standard InChI is InChI=1S/C6H4BCl2NO4/c8-4-1-3(7(11)12)2-5(6(4)9)10(13)14/h1-2,11-12H. The van der Waals surface area contributed by atoms with Crippen molar-refractivity contribution < 1.29 is 15.0 Å². The maximum absolute atomic E-state index is 10.4. The van der Waals surface area contributed by atoms with Crippen molar-refractivity contribution >= 4 is 41.5 Å². The summed E-state index contributed by atoms with van der Waals surface area (Å²) in [5, 5.41) is 27.7. The number of rotatable bonds is 2. The van der Waals surface area contributed by atoms with Crippen LogP contribution < -0.4 is 5.46 Å². The smallest absolute Gasteiger partial charge is 0.423 e. The molecule has 0 saturated carbocycles. The zero-order valence-electron chi connectivity index (χ0n) is 6.65. The second-order valence-corrected chi connectivity index (χ2v) is 3.25. The third-order valence-corrected chi connectivity index (χ3v) is 2.32. The molecule has 0 aliphatic rings. The molecule has 74 valence electrons. The second kappa shape index (κ2) is 4.14. The van der Waals surface area contributed by atoms with Gasteiger partial charge >= 0.3 is 7.12 Å². The van der Waals surface area contributed by atoms with Gasteiger partial charge in [-0.1, -0.05) is 23.2 Å². The Hall–Kier alpha value is -0.815. The minimum Gasteiger partial charge on any atom is -0.423 e. The first-order chi connectivity index (χ1) is 6.43. The van der Waals surface area contributed by atoms with E-state index in [1.54, 1.807) is 0 Å². The Morgan fingerprint density at radius 3 is 2.36 bits per heavy atom. The van der Waals surface area contributed by atoms with Crippen LogP contribution in [0, 0.1) is 10.1 Å². The van der Waals surface area contributed by atoms with E-state index in [-0.39, 0.29) is 15.5 Å². The minimum atomic E-state index is -1.82. The SMILES string of the molecule is O=[N+]([O-])c1cc(B(O)O)cc(Cl)c1Cl. The van der Waals surface area contributed by atoms with Crippen LogP contribution >= 0.6 is 23.2 Å². The molecule has 8 heteroatoms. The second-order valence-electron chi connectivity index (χ2n) is 2.47. The van der Waals surface area contributed by atoms with Crippen LogP contribution in [0.15, 0.2) is 12.1 Å². The average molecular weight is 236 g/mol. The van der Waals surface area contributed by atoms with Gasteiger partial charge in [0.05, 0.1) is 9.95 Å². The monoisotopic (exact) mass is 235 g/mol. The van der Waals surface area contributed by atoms with Crippen LogP contribution in [0.4, 0.5) is 5.69 Å². The molecule has 0 aliphatic carbocycles. The highest BCUT2D eigenvalue weighted by molar-refractivity contribution is 6.59. The highest BCUT2D eigenvalue weighted by atomic mass is 35.5. The summed E-state index contributed by atoms with van der Waals surface area (Å²) >= 11 is 11.1. The molecule has 0 fully saturated rings. The Morgan fingerprint density at radius 1 is 1.36 bits per heavy atom. The molecule has 1 rings (SSSR count). The summed E-state index contributed by atoms with van der Waals surface area (Å²) in [4.78, 5) is 9.70. The fraction of sp³-hybridized carbons (Fsp3) is 0. The molecule has 1 aromatic rings. The van der Waals surface area contributed by atoms with E-state index in [1.165, 1.54) is 0 Å². The molecule has 0 bridgehead atoms. The van der Waals surface area contributed by atoms with E-state index in [9.17, 15) is 10.1 Å². The summed E-state index contributed by atoms with van der Waals surface area (Å²) in [5.41, 5.74) is -0.534. The molecule has 14 heavy (non-hydrogen) atoms. The van der Waals surface area contributed by atoms with Crippen molar-refractivity contribution in [2.45, 2.75) is 0 Å². The molecule has 0 amide bonds. The zero-order valence-corrected chi connectivity index (χ0v) is 8.16. The molecular formula is C6H4BCl2NO4. The molecule has 0 saturated heterocycles. The van der Waals surface area contributed by atoms with Crippen LogP contribution in [-0.4, -0.2) is 22.1 Å². The lowest BCUT2D eigenvalue weighted by Gasteiger charge is -2.02. The van der Waals surface area contributed by atoms with Crippen molar-refractivity contribution in [2.24, 2.45) is 0 Å². The number of nitro benzene ring substituents is 1. The van der Waals surface area contributed by atoms with Crippen LogP contribution in [0.2, 0.25) is 10.0 Å². The van der Waals surface area contributed by atoms with Gasteiger partial charge in [0.25, 0.3) is 5.69 Å². The van der Waals surface area contributed by atoms with E-state index < -0.39 is 17.7 Å². The lowest BCUT2D eigenvalue weighted by Crippen LogP contribution is -2.30. The molecule has 0 heterocycles. The Balaban J connectivity index is 3.35. The van der Waals surface area contributed by atoms with Gasteiger partial charge in [-0.3, -0.25) is 10.1 Å². The number of hydrogen-bond donors (Lipinski definition) is 2. The van der Waals surface area contributed by atoms with Crippen molar-refractivity contribution in [1.82, 2.24) is 0 Å². The van der Waals surface area contributed by atoms with E-state index in [2.05, 4.69) is 0 Å². The molecular weight excluding hydrogens is 232 g/mol. The van der Waals surface area contributed by atoms with Crippen LogP contribution in [0.3, 0.4) is 0 Å². The van der Waals surface area contributed by atoms with Gasteiger partial charge in [0.15, 0.2) is 0 Å². The Morgan fingerprint density at radius 2 is 1.93 bits per heavy atom. The molecule has 2 N–H and O–H groups in total. The lowest BCUT2D eigenvalue weighted by atomic mass is 9.80. The van der Waals surface area contributed by atoms with Gasteiger partial charge in [0.2, 0.25) is 0 Å². The number of nitro groups is 1. The van der Waals surface area contributed by atoms with E-state index in [1.807, 2.05) is 0 Å². The molecule has 0 atom stereocenters. The summed E-state index contributed by atoms with van der Waals surface area (Å²) in [6, 6.07) is 2.11. The largest absolute Gasteiger partial charge is 0.488 e. The van der Waals surface area contributed by atoms with E-state index in [0.29, 0.717) is 0 Å². The molecule has 0 unspecified atom stereocenters.